The Balaban J connectivity index is 0.00000148. The summed E-state index contributed by atoms with van der Waals surface area (Å²) in [5.41, 5.74) is 12.6. The van der Waals surface area contributed by atoms with E-state index in [9.17, 15) is 0 Å². The minimum atomic E-state index is 0. The van der Waals surface area contributed by atoms with Crippen LogP contribution in [0.25, 0.3) is 5.70 Å². The monoisotopic (exact) mass is 493 g/mol. The van der Waals surface area contributed by atoms with E-state index in [1.807, 2.05) is 13.8 Å². The molecule has 2 heterocycles. The lowest BCUT2D eigenvalue weighted by Gasteiger charge is -2.16. The van der Waals surface area contributed by atoms with Gasteiger partial charge in [0.15, 0.2) is 0 Å². The quantitative estimate of drug-likeness (QED) is 0.243. The first-order valence-corrected chi connectivity index (χ1v) is 14.7. The van der Waals surface area contributed by atoms with Crippen LogP contribution in [0.5, 0.6) is 0 Å². The third-order valence-electron chi connectivity index (χ3n) is 7.12. The molecule has 0 amide bonds. The van der Waals surface area contributed by atoms with Crippen LogP contribution in [-0.2, 0) is 25.7 Å². The Labute approximate surface area is 219 Å². The summed E-state index contributed by atoms with van der Waals surface area (Å²) in [7, 11) is 0. The van der Waals surface area contributed by atoms with Gasteiger partial charge in [0.2, 0.25) is 0 Å². The fraction of sp³-hybridized carbons (Fsp3) is 0.516. The van der Waals surface area contributed by atoms with Crippen molar-refractivity contribution in [2.45, 2.75) is 98.3 Å². The Morgan fingerprint density at radius 2 is 1.86 bits per heavy atom. The molecule has 1 aliphatic carbocycles. The van der Waals surface area contributed by atoms with Gasteiger partial charge in [-0.15, -0.1) is 0 Å². The number of aryl methyl sites for hydroxylation is 2. The molecule has 0 atom stereocenters. The van der Waals surface area contributed by atoms with E-state index in [4.69, 9.17) is 4.98 Å². The molecule has 0 spiro atoms. The van der Waals surface area contributed by atoms with E-state index in [1.165, 1.54) is 73.0 Å². The molecule has 2 aliphatic rings. The summed E-state index contributed by atoms with van der Waals surface area (Å²) in [6, 6.07) is 13.6. The lowest BCUT2D eigenvalue weighted by Crippen LogP contribution is -2.17. The fourth-order valence-corrected chi connectivity index (χ4v) is 5.53. The highest BCUT2D eigenvalue weighted by Crippen LogP contribution is 2.29. The summed E-state index contributed by atoms with van der Waals surface area (Å²) in [5, 5.41) is 2.10. The number of nitrogens with zero attached hydrogens (tertiary/aromatic N) is 1. The van der Waals surface area contributed by atoms with Crippen molar-refractivity contribution in [1.82, 2.24) is 15.2 Å². The second-order valence-electron chi connectivity index (χ2n) is 9.56. The minimum absolute atomic E-state index is 0. The van der Waals surface area contributed by atoms with Gasteiger partial charge in [0, 0.05) is 18.2 Å². The number of benzene rings is 1. The average Bonchev–Trinajstić information content (AvgIpc) is 3.63. The number of allylic oxidation sites excluding steroid dienone is 2. The van der Waals surface area contributed by atoms with E-state index < -0.39 is 0 Å². The number of unbranched alkanes of at least 4 members (excludes halogenated alkanes) is 1. The maximum Gasteiger partial charge on any atom is 0.0645 e. The summed E-state index contributed by atoms with van der Waals surface area (Å²) in [5.74, 6) is 0.829. The molecule has 192 valence electrons. The molecule has 0 saturated heterocycles. The standard InChI is InChI=1S/C29H39N3S.C2H6.H2/c1-3-5-8-22(4-2)19-26-16-18-27(30-28(26)20-24-9-6-7-10-24)17-13-23-11-14-25(15-12-23)29-21-33-32-31-29;1-2;/h4,11-12,14-16,18,21,24,31-32H,3,5-10,13,17,19-20H2,1-2H3;1-2H3;1H/b22-4-;;. The van der Waals surface area contributed by atoms with Gasteiger partial charge < -0.3 is 5.43 Å². The first kappa shape index (κ1) is 27.5. The second kappa shape index (κ2) is 15.2. The van der Waals surface area contributed by atoms with Gasteiger partial charge in [-0.05, 0) is 86.1 Å². The summed E-state index contributed by atoms with van der Waals surface area (Å²) in [6.07, 6.45) is 15.9. The Bertz CT molecular complexity index is 962. The van der Waals surface area contributed by atoms with E-state index in [2.05, 4.69) is 72.0 Å². The maximum atomic E-state index is 5.24. The summed E-state index contributed by atoms with van der Waals surface area (Å²) < 4.78 is 0. The largest absolute Gasteiger partial charge is 0.310 e. The molecule has 0 bridgehead atoms. The molecule has 4 heteroatoms. The van der Waals surface area contributed by atoms with Crippen molar-refractivity contribution in [2.75, 3.05) is 0 Å². The number of aromatic nitrogens is 1. The van der Waals surface area contributed by atoms with Gasteiger partial charge in [0.05, 0.1) is 5.70 Å². The van der Waals surface area contributed by atoms with Gasteiger partial charge >= 0.3 is 0 Å². The van der Waals surface area contributed by atoms with Crippen LogP contribution in [0, 0.1) is 5.92 Å². The summed E-state index contributed by atoms with van der Waals surface area (Å²) >= 11 is 1.58. The number of nitrogens with one attached hydrogen (secondary N) is 2. The van der Waals surface area contributed by atoms with Gasteiger partial charge in [-0.1, -0.05) is 94.9 Å². The number of hydrogen-bond donors (Lipinski definition) is 2. The van der Waals surface area contributed by atoms with Gasteiger partial charge in [-0.3, -0.25) is 4.98 Å². The SMILES string of the molecule is C/C=C(/CCCC)Cc1ccc(CCc2ccc(C3=CSNN3)cc2)nc1CC1CCCC1.CC.[HH]. The molecule has 4 rings (SSSR count). The predicted molar refractivity (Wildman–Crippen MR) is 156 cm³/mol. The molecular formula is C31H47N3S. The van der Waals surface area contributed by atoms with Crippen molar-refractivity contribution in [3.63, 3.8) is 0 Å². The summed E-state index contributed by atoms with van der Waals surface area (Å²) in [6.45, 7) is 8.48. The topological polar surface area (TPSA) is 37.0 Å². The van der Waals surface area contributed by atoms with Crippen molar-refractivity contribution in [1.29, 1.82) is 0 Å². The van der Waals surface area contributed by atoms with Crippen LogP contribution in [0.15, 0.2) is 53.5 Å². The molecule has 1 aliphatic heterocycles. The molecule has 2 N–H and O–H groups in total. The number of rotatable bonds is 11. The molecule has 1 aromatic carbocycles. The average molecular weight is 494 g/mol. The lowest BCUT2D eigenvalue weighted by atomic mass is 9.93. The van der Waals surface area contributed by atoms with E-state index in [0.717, 1.165) is 37.3 Å². The van der Waals surface area contributed by atoms with Crippen LogP contribution < -0.4 is 10.3 Å². The molecule has 3 nitrogen and oxygen atoms in total. The van der Waals surface area contributed by atoms with Crippen LogP contribution in [0.2, 0.25) is 0 Å². The molecule has 2 aromatic rings. The Kier molecular flexibility index (Phi) is 11.9. The van der Waals surface area contributed by atoms with Crippen LogP contribution in [0.3, 0.4) is 0 Å². The third kappa shape index (κ3) is 8.54. The van der Waals surface area contributed by atoms with Crippen molar-refractivity contribution in [3.05, 3.63) is 81.5 Å². The molecule has 0 radical (unpaired) electrons. The van der Waals surface area contributed by atoms with Crippen LogP contribution in [0.4, 0.5) is 0 Å². The fourth-order valence-electron chi connectivity index (χ4n) is 4.99. The van der Waals surface area contributed by atoms with Crippen LogP contribution in [0.1, 0.15) is 102 Å². The molecule has 1 fully saturated rings. The van der Waals surface area contributed by atoms with E-state index >= 15 is 0 Å². The minimum Gasteiger partial charge on any atom is -0.310 e. The normalized spacial score (nSPS) is 16.0. The van der Waals surface area contributed by atoms with Gasteiger partial charge in [0.25, 0.3) is 0 Å². The Morgan fingerprint density at radius 3 is 2.51 bits per heavy atom. The predicted octanol–water partition coefficient (Wildman–Crippen LogP) is 8.61. The Morgan fingerprint density at radius 1 is 1.09 bits per heavy atom. The summed E-state index contributed by atoms with van der Waals surface area (Å²) in [4.78, 5) is 8.30. The molecule has 1 aromatic heterocycles. The smallest absolute Gasteiger partial charge is 0.0645 e. The van der Waals surface area contributed by atoms with Crippen LogP contribution in [-0.4, -0.2) is 4.98 Å². The second-order valence-corrected chi connectivity index (χ2v) is 10.2. The van der Waals surface area contributed by atoms with E-state index in [1.54, 1.807) is 17.5 Å². The van der Waals surface area contributed by atoms with Gasteiger partial charge in [0.1, 0.15) is 0 Å². The molecule has 0 unspecified atom stereocenters. The number of hydrazine groups is 1. The van der Waals surface area contributed by atoms with Crippen molar-refractivity contribution in [2.24, 2.45) is 5.92 Å². The van der Waals surface area contributed by atoms with Crippen molar-refractivity contribution < 1.29 is 1.43 Å². The molecular weight excluding hydrogens is 446 g/mol. The Hall–Kier alpha value is -2.04. The maximum absolute atomic E-state index is 5.24. The van der Waals surface area contributed by atoms with Crippen molar-refractivity contribution in [3.8, 4) is 0 Å². The first-order valence-electron chi connectivity index (χ1n) is 13.8. The zero-order valence-corrected chi connectivity index (χ0v) is 23.1. The zero-order valence-electron chi connectivity index (χ0n) is 22.3. The van der Waals surface area contributed by atoms with E-state index in [-0.39, 0.29) is 1.43 Å². The lowest BCUT2D eigenvalue weighted by molar-refractivity contribution is 0.535. The van der Waals surface area contributed by atoms with Gasteiger partial charge in [-0.25, -0.2) is 0 Å². The molecule has 35 heavy (non-hydrogen) atoms. The number of hydrogen-bond acceptors (Lipinski definition) is 4. The third-order valence-corrected chi connectivity index (χ3v) is 7.69. The zero-order chi connectivity index (χ0) is 24.9. The van der Waals surface area contributed by atoms with E-state index in [0.29, 0.717) is 0 Å². The van der Waals surface area contributed by atoms with Gasteiger partial charge in [-0.2, -0.15) is 4.83 Å². The highest BCUT2D eigenvalue weighted by atomic mass is 32.2. The van der Waals surface area contributed by atoms with Crippen molar-refractivity contribution >= 4 is 17.6 Å². The van der Waals surface area contributed by atoms with Crippen LogP contribution >= 0.6 is 11.9 Å². The highest BCUT2D eigenvalue weighted by molar-refractivity contribution is 8.00. The molecule has 1 saturated carbocycles. The first-order chi connectivity index (χ1) is 17.2. The highest BCUT2D eigenvalue weighted by Gasteiger charge is 2.19. The number of pyridine rings is 1.